The van der Waals surface area contributed by atoms with Gasteiger partial charge in [0.25, 0.3) is 0 Å². The van der Waals surface area contributed by atoms with Crippen molar-refractivity contribution in [3.05, 3.63) is 0 Å². The number of rotatable bonds is 5. The van der Waals surface area contributed by atoms with Gasteiger partial charge in [0.2, 0.25) is 0 Å². The van der Waals surface area contributed by atoms with Gasteiger partial charge in [-0.05, 0) is 150 Å². The molecule has 4 saturated heterocycles. The van der Waals surface area contributed by atoms with Crippen molar-refractivity contribution in [3.8, 4) is 0 Å². The van der Waals surface area contributed by atoms with Crippen LogP contribution in [-0.4, -0.2) is 65.9 Å². The first-order valence-corrected chi connectivity index (χ1v) is 26.7. The minimum atomic E-state index is 0.467. The Morgan fingerprint density at radius 3 is 1.89 bits per heavy atom. The fourth-order valence-corrected chi connectivity index (χ4v) is 18.7. The number of quaternary nitrogens is 1. The lowest BCUT2D eigenvalue weighted by Crippen LogP contribution is -3.07. The Morgan fingerprint density at radius 1 is 0.386 bits per heavy atom. The topological polar surface area (TPSA) is 62.4 Å². The summed E-state index contributed by atoms with van der Waals surface area (Å²) in [5.41, 5.74) is 0. The third kappa shape index (κ3) is 7.00. The molecule has 12 aliphatic rings. The van der Waals surface area contributed by atoms with Gasteiger partial charge in [-0.3, -0.25) is 15.5 Å². The normalized spacial score (nSPS) is 53.6. The van der Waals surface area contributed by atoms with Gasteiger partial charge in [-0.15, -0.1) is 0 Å². The Hall–Kier alpha value is -0.240. The van der Waals surface area contributed by atoms with Crippen LogP contribution in [0.3, 0.4) is 0 Å². The highest BCUT2D eigenvalue weighted by molar-refractivity contribution is 5.14. The van der Waals surface area contributed by atoms with Crippen molar-refractivity contribution in [2.75, 3.05) is 0 Å². The van der Waals surface area contributed by atoms with E-state index in [0.29, 0.717) is 48.8 Å². The van der Waals surface area contributed by atoms with E-state index in [-0.39, 0.29) is 0 Å². The molecule has 19 atom stereocenters. The molecule has 6 heteroatoms. The zero-order chi connectivity index (χ0) is 37.5. The van der Waals surface area contributed by atoms with Crippen LogP contribution < -0.4 is 16.0 Å². The molecule has 4 aliphatic heterocycles. The molecule has 57 heavy (non-hydrogen) atoms. The van der Waals surface area contributed by atoms with Crippen LogP contribution in [-0.2, 0) is 9.47 Å². The molecular weight excluding hydrogens is 701 g/mol. The highest BCUT2D eigenvalue weighted by Crippen LogP contribution is 2.59. The second-order valence-corrected chi connectivity index (χ2v) is 23.5. The van der Waals surface area contributed by atoms with Crippen molar-refractivity contribution < 1.29 is 14.8 Å². The molecule has 8 aliphatic carbocycles. The summed E-state index contributed by atoms with van der Waals surface area (Å²) in [5.74, 6) is 9.40. The van der Waals surface area contributed by atoms with E-state index < -0.39 is 0 Å². The number of nitrogens with one attached hydrogen (secondary N) is 2. The van der Waals surface area contributed by atoms with E-state index in [0.717, 1.165) is 77.3 Å². The number of nitrogens with zero attached hydrogens (tertiary/aromatic N) is 1. The summed E-state index contributed by atoms with van der Waals surface area (Å²) in [5, 5.41) is 11.7. The van der Waals surface area contributed by atoms with Gasteiger partial charge in [0.15, 0.2) is 0 Å². The molecule has 0 aromatic rings. The zero-order valence-corrected chi connectivity index (χ0v) is 36.2. The Labute approximate surface area is 348 Å². The van der Waals surface area contributed by atoms with Crippen LogP contribution in [0.4, 0.5) is 0 Å². The first kappa shape index (κ1) is 38.4. The molecular formula is C51H85N4O2+. The van der Waals surface area contributed by atoms with Crippen LogP contribution in [0, 0.1) is 65.1 Å². The number of hydrogen-bond acceptors (Lipinski definition) is 5. The molecule has 6 nitrogen and oxygen atoms in total. The molecule has 0 aromatic heterocycles. The van der Waals surface area contributed by atoms with Gasteiger partial charge in [0, 0.05) is 24.0 Å². The fourth-order valence-electron chi connectivity index (χ4n) is 18.7. The van der Waals surface area contributed by atoms with Crippen LogP contribution in [0.2, 0.25) is 0 Å². The maximum atomic E-state index is 7.95. The molecule has 8 saturated carbocycles. The predicted molar refractivity (Wildman–Crippen MR) is 227 cm³/mol. The first-order valence-electron chi connectivity index (χ1n) is 26.7. The number of likely N-dealkylation sites (tertiary alicyclic amines) is 1. The Kier molecular flexibility index (Phi) is 11.1. The number of fused-ring (bicyclic) bond motifs is 10. The molecule has 12 rings (SSSR count). The molecule has 0 spiro atoms. The van der Waals surface area contributed by atoms with Crippen LogP contribution in [0.15, 0.2) is 0 Å². The van der Waals surface area contributed by atoms with E-state index in [9.17, 15) is 0 Å². The van der Waals surface area contributed by atoms with Crippen molar-refractivity contribution in [1.82, 2.24) is 15.5 Å². The summed E-state index contributed by atoms with van der Waals surface area (Å²) in [7, 11) is 0. The van der Waals surface area contributed by atoms with Crippen molar-refractivity contribution in [3.63, 3.8) is 0 Å². The second-order valence-electron chi connectivity index (χ2n) is 23.5. The van der Waals surface area contributed by atoms with Crippen molar-refractivity contribution in [2.45, 2.75) is 254 Å². The zero-order valence-electron chi connectivity index (χ0n) is 36.2. The van der Waals surface area contributed by atoms with Gasteiger partial charge >= 0.3 is 0 Å². The standard InChI is InChI=1S/C51H84N4O2/c1-3-13-31(14-4-1)33-17-11-18-35(29-33)55-43-23-9-7-19-36(43)39-27-28-41-40-21-12-22-42(47(40)57-48(41)46(39)55)51-53-49(32-15-5-2-6-16-32)52-50(54-51)34-25-26-38-37-20-8-10-24-44(37)56-45(38)30-34/h31-54H,1-30H2/p+1. The van der Waals surface area contributed by atoms with Crippen molar-refractivity contribution in [1.29, 1.82) is 0 Å². The highest BCUT2D eigenvalue weighted by Gasteiger charge is 2.63. The van der Waals surface area contributed by atoms with Gasteiger partial charge in [-0.1, -0.05) is 96.3 Å². The maximum absolute atomic E-state index is 7.95. The lowest BCUT2D eigenvalue weighted by Gasteiger charge is -2.48. The molecule has 320 valence electrons. The molecule has 4 N–H and O–H groups in total. The number of ether oxygens (including phenoxy) is 2. The lowest BCUT2D eigenvalue weighted by atomic mass is 9.64. The second kappa shape index (κ2) is 16.5. The SMILES string of the molecule is C1CCC(C2CCCC(N3C4CCCCC4C4CCC5C6CCCC(C7NC(C8CCCCC8)NC(C8CCC9C(C8)OC8CCCCC89)[NH2+]7)C6OC5C43)C2)CC1. The quantitative estimate of drug-likeness (QED) is 0.260. The molecule has 0 amide bonds. The Bertz CT molecular complexity index is 1370. The predicted octanol–water partition coefficient (Wildman–Crippen LogP) is 9.27. The van der Waals surface area contributed by atoms with Crippen molar-refractivity contribution >= 4 is 0 Å². The molecule has 0 bridgehead atoms. The Morgan fingerprint density at radius 2 is 1.02 bits per heavy atom. The maximum Gasteiger partial charge on any atom is 0.147 e. The van der Waals surface area contributed by atoms with E-state index in [1.807, 2.05) is 0 Å². The van der Waals surface area contributed by atoms with Gasteiger partial charge < -0.3 is 14.8 Å². The molecule has 12 fully saturated rings. The van der Waals surface area contributed by atoms with E-state index in [2.05, 4.69) is 20.9 Å². The summed E-state index contributed by atoms with van der Waals surface area (Å²) in [6.07, 6.45) is 47.3. The fraction of sp³-hybridized carbons (Fsp3) is 1.00. The van der Waals surface area contributed by atoms with E-state index >= 15 is 0 Å². The molecule has 0 aromatic carbocycles. The van der Waals surface area contributed by atoms with Crippen LogP contribution >= 0.6 is 0 Å². The van der Waals surface area contributed by atoms with Gasteiger partial charge in [-0.25, -0.2) is 0 Å². The molecule has 0 radical (unpaired) electrons. The summed E-state index contributed by atoms with van der Waals surface area (Å²) < 4.78 is 14.9. The third-order valence-corrected chi connectivity index (χ3v) is 21.1. The molecule has 19 unspecified atom stereocenters. The summed E-state index contributed by atoms with van der Waals surface area (Å²) >= 11 is 0. The smallest absolute Gasteiger partial charge is 0.147 e. The van der Waals surface area contributed by atoms with Crippen LogP contribution in [0.1, 0.15) is 193 Å². The molecule has 4 heterocycles. The Balaban J connectivity index is 0.797. The third-order valence-electron chi connectivity index (χ3n) is 21.1. The van der Waals surface area contributed by atoms with Gasteiger partial charge in [0.05, 0.1) is 36.5 Å². The summed E-state index contributed by atoms with van der Waals surface area (Å²) in [6, 6.07) is 2.42. The van der Waals surface area contributed by atoms with E-state index in [1.54, 1.807) is 0 Å². The van der Waals surface area contributed by atoms with Gasteiger partial charge in [-0.2, -0.15) is 0 Å². The first-order chi connectivity index (χ1) is 28.2. The average Bonchev–Trinajstić information content (AvgIpc) is 3.96. The van der Waals surface area contributed by atoms with Crippen LogP contribution in [0.5, 0.6) is 0 Å². The van der Waals surface area contributed by atoms with E-state index in [1.165, 1.54) is 193 Å². The van der Waals surface area contributed by atoms with Gasteiger partial charge in [0.1, 0.15) is 12.3 Å². The van der Waals surface area contributed by atoms with E-state index in [4.69, 9.17) is 9.47 Å². The largest absolute Gasteiger partial charge is 0.374 e. The monoisotopic (exact) mass is 786 g/mol. The highest BCUT2D eigenvalue weighted by atomic mass is 16.5. The number of hydrogen-bond donors (Lipinski definition) is 3. The van der Waals surface area contributed by atoms with Crippen molar-refractivity contribution in [2.24, 2.45) is 65.1 Å². The lowest BCUT2D eigenvalue weighted by molar-refractivity contribution is -0.756. The average molecular weight is 786 g/mol. The number of nitrogens with two attached hydrogens (primary N) is 1. The van der Waals surface area contributed by atoms with Crippen LogP contribution in [0.25, 0.3) is 0 Å². The minimum Gasteiger partial charge on any atom is -0.374 e. The summed E-state index contributed by atoms with van der Waals surface area (Å²) in [4.78, 5) is 3.33. The minimum absolute atomic E-state index is 0.467. The summed E-state index contributed by atoms with van der Waals surface area (Å²) in [6.45, 7) is 0.